The van der Waals surface area contributed by atoms with Gasteiger partial charge in [0.25, 0.3) is 17.7 Å². The van der Waals surface area contributed by atoms with Crippen molar-refractivity contribution >= 4 is 17.7 Å². The Bertz CT molecular complexity index is 1030. The highest BCUT2D eigenvalue weighted by Gasteiger charge is 2.30. The Hall–Kier alpha value is -3.44. The van der Waals surface area contributed by atoms with Gasteiger partial charge in [-0.05, 0) is 44.0 Å². The SMILES string of the molecule is CCNC(=O)c1cc(C(=O)NC2CCN(N3CCOCC3=O)CC2)n(-c2ccc(OC)cc2)n1. The maximum atomic E-state index is 13.2. The number of hydrazine groups is 1. The van der Waals surface area contributed by atoms with Crippen molar-refractivity contribution in [3.8, 4) is 11.4 Å². The number of nitrogens with one attached hydrogen (secondary N) is 2. The summed E-state index contributed by atoms with van der Waals surface area (Å²) < 4.78 is 11.9. The molecule has 0 unspecified atom stereocenters. The average molecular weight is 471 g/mol. The number of rotatable bonds is 7. The van der Waals surface area contributed by atoms with Gasteiger partial charge in [0, 0.05) is 31.7 Å². The standard InChI is InChI=1S/C23H30N6O5/c1-3-24-22(31)19-14-20(29(26-19)17-4-6-18(33-2)7-5-17)23(32)25-16-8-10-27(11-9-16)28-12-13-34-15-21(28)30/h4-7,14,16H,3,8-13,15H2,1-2H3,(H,24,31)(H,25,32). The van der Waals surface area contributed by atoms with Gasteiger partial charge < -0.3 is 20.1 Å². The van der Waals surface area contributed by atoms with Gasteiger partial charge >= 0.3 is 0 Å². The van der Waals surface area contributed by atoms with Gasteiger partial charge in [-0.1, -0.05) is 0 Å². The monoisotopic (exact) mass is 470 g/mol. The molecule has 1 aromatic heterocycles. The highest BCUT2D eigenvalue weighted by atomic mass is 16.5. The smallest absolute Gasteiger partial charge is 0.271 e. The lowest BCUT2D eigenvalue weighted by molar-refractivity contribution is -0.167. The fourth-order valence-corrected chi connectivity index (χ4v) is 4.14. The Morgan fingerprint density at radius 1 is 1.15 bits per heavy atom. The number of piperidine rings is 1. The van der Waals surface area contributed by atoms with E-state index in [2.05, 4.69) is 15.7 Å². The number of carbonyl (C=O) groups excluding carboxylic acids is 3. The summed E-state index contributed by atoms with van der Waals surface area (Å²) in [5.41, 5.74) is 1.09. The molecule has 11 nitrogen and oxygen atoms in total. The zero-order chi connectivity index (χ0) is 24.1. The summed E-state index contributed by atoms with van der Waals surface area (Å²) in [6.07, 6.45) is 1.41. The third kappa shape index (κ3) is 5.20. The molecule has 2 aliphatic heterocycles. The molecular formula is C23H30N6O5. The van der Waals surface area contributed by atoms with Crippen molar-refractivity contribution in [2.24, 2.45) is 0 Å². The lowest BCUT2D eigenvalue weighted by Crippen LogP contribution is -2.56. The first-order chi connectivity index (χ1) is 16.5. The van der Waals surface area contributed by atoms with Crippen LogP contribution in [-0.4, -0.2) is 90.1 Å². The molecular weight excluding hydrogens is 440 g/mol. The third-order valence-corrected chi connectivity index (χ3v) is 5.94. The Balaban J connectivity index is 1.47. The molecule has 2 N–H and O–H groups in total. The van der Waals surface area contributed by atoms with Gasteiger partial charge in [-0.2, -0.15) is 5.10 Å². The number of morpholine rings is 1. The predicted octanol–water partition coefficient (Wildman–Crippen LogP) is 0.599. The Labute approximate surface area is 197 Å². The summed E-state index contributed by atoms with van der Waals surface area (Å²) in [7, 11) is 1.58. The maximum Gasteiger partial charge on any atom is 0.271 e. The minimum absolute atomic E-state index is 0.0324. The van der Waals surface area contributed by atoms with Gasteiger partial charge in [0.15, 0.2) is 5.69 Å². The predicted molar refractivity (Wildman–Crippen MR) is 123 cm³/mol. The zero-order valence-electron chi connectivity index (χ0n) is 19.5. The number of benzene rings is 1. The van der Waals surface area contributed by atoms with Crippen molar-refractivity contribution in [3.63, 3.8) is 0 Å². The summed E-state index contributed by atoms with van der Waals surface area (Å²) in [5.74, 6) is -0.00144. The van der Waals surface area contributed by atoms with Crippen LogP contribution in [0.4, 0.5) is 0 Å². The van der Waals surface area contributed by atoms with Crippen molar-refractivity contribution in [2.75, 3.05) is 46.5 Å². The van der Waals surface area contributed by atoms with Crippen LogP contribution in [0.15, 0.2) is 30.3 Å². The molecule has 2 fully saturated rings. The summed E-state index contributed by atoms with van der Waals surface area (Å²) in [5, 5.41) is 14.0. The number of amides is 3. The lowest BCUT2D eigenvalue weighted by atomic mass is 10.1. The van der Waals surface area contributed by atoms with Crippen LogP contribution in [0.25, 0.3) is 5.69 Å². The maximum absolute atomic E-state index is 13.2. The second-order valence-corrected chi connectivity index (χ2v) is 8.15. The van der Waals surface area contributed by atoms with E-state index in [0.717, 1.165) is 0 Å². The number of methoxy groups -OCH3 is 1. The number of hydrogen-bond donors (Lipinski definition) is 2. The first-order valence-electron chi connectivity index (χ1n) is 11.5. The van der Waals surface area contributed by atoms with Gasteiger partial charge in [0.05, 0.1) is 25.9 Å². The molecule has 0 saturated carbocycles. The second kappa shape index (κ2) is 10.7. The van der Waals surface area contributed by atoms with E-state index in [1.807, 2.05) is 11.9 Å². The Morgan fingerprint density at radius 2 is 1.88 bits per heavy atom. The van der Waals surface area contributed by atoms with E-state index < -0.39 is 0 Å². The van der Waals surface area contributed by atoms with E-state index in [1.54, 1.807) is 36.4 Å². The highest BCUT2D eigenvalue weighted by molar-refractivity contribution is 5.98. The first-order valence-corrected chi connectivity index (χ1v) is 11.5. The molecule has 2 aromatic rings. The molecule has 0 radical (unpaired) electrons. The quantitative estimate of drug-likeness (QED) is 0.608. The normalized spacial score (nSPS) is 17.5. The molecule has 2 saturated heterocycles. The van der Waals surface area contributed by atoms with Crippen LogP contribution < -0.4 is 15.4 Å². The molecule has 3 amide bonds. The minimum Gasteiger partial charge on any atom is -0.497 e. The van der Waals surface area contributed by atoms with Crippen LogP contribution in [0.3, 0.4) is 0 Å². The molecule has 0 spiro atoms. The van der Waals surface area contributed by atoms with Crippen LogP contribution >= 0.6 is 0 Å². The van der Waals surface area contributed by atoms with Gasteiger partial charge in [0.2, 0.25) is 0 Å². The lowest BCUT2D eigenvalue weighted by Gasteiger charge is -2.41. The Kier molecular flexibility index (Phi) is 7.43. The number of carbonyl (C=O) groups is 3. The molecule has 0 bridgehead atoms. The molecule has 11 heteroatoms. The number of aromatic nitrogens is 2. The van der Waals surface area contributed by atoms with Crippen molar-refractivity contribution in [3.05, 3.63) is 41.7 Å². The number of hydrogen-bond acceptors (Lipinski definition) is 7. The molecule has 34 heavy (non-hydrogen) atoms. The Morgan fingerprint density at radius 3 is 2.53 bits per heavy atom. The molecule has 3 heterocycles. The summed E-state index contributed by atoms with van der Waals surface area (Å²) >= 11 is 0. The minimum atomic E-state index is -0.340. The van der Waals surface area contributed by atoms with Crippen LogP contribution in [0, 0.1) is 0 Å². The number of ether oxygens (including phenoxy) is 2. The van der Waals surface area contributed by atoms with Crippen molar-refractivity contribution in [1.29, 1.82) is 0 Å². The van der Waals surface area contributed by atoms with Gasteiger partial charge in [-0.15, -0.1) is 0 Å². The van der Waals surface area contributed by atoms with E-state index in [1.165, 1.54) is 10.7 Å². The van der Waals surface area contributed by atoms with Gasteiger partial charge in [-0.25, -0.2) is 9.69 Å². The molecule has 4 rings (SSSR count). The van der Waals surface area contributed by atoms with Crippen molar-refractivity contribution in [1.82, 2.24) is 30.4 Å². The summed E-state index contributed by atoms with van der Waals surface area (Å²) in [4.78, 5) is 37.7. The fourth-order valence-electron chi connectivity index (χ4n) is 4.14. The fraction of sp³-hybridized carbons (Fsp3) is 0.478. The van der Waals surface area contributed by atoms with Crippen molar-refractivity contribution < 1.29 is 23.9 Å². The average Bonchev–Trinajstić information content (AvgIpc) is 3.31. The third-order valence-electron chi connectivity index (χ3n) is 5.94. The van der Waals surface area contributed by atoms with Crippen LogP contribution in [0.5, 0.6) is 5.75 Å². The summed E-state index contributed by atoms with van der Waals surface area (Å²) in [6, 6.07) is 8.56. The van der Waals surface area contributed by atoms with E-state index in [4.69, 9.17) is 9.47 Å². The largest absolute Gasteiger partial charge is 0.497 e. The van der Waals surface area contributed by atoms with E-state index in [0.29, 0.717) is 57.1 Å². The summed E-state index contributed by atoms with van der Waals surface area (Å²) in [6.45, 7) is 4.81. The van der Waals surface area contributed by atoms with E-state index in [-0.39, 0.29) is 41.8 Å². The van der Waals surface area contributed by atoms with Crippen molar-refractivity contribution in [2.45, 2.75) is 25.8 Å². The van der Waals surface area contributed by atoms with Crippen LogP contribution in [0.1, 0.15) is 40.7 Å². The molecule has 2 aliphatic rings. The van der Waals surface area contributed by atoms with Gasteiger partial charge in [-0.3, -0.25) is 19.4 Å². The van der Waals surface area contributed by atoms with Crippen LogP contribution in [0.2, 0.25) is 0 Å². The van der Waals surface area contributed by atoms with Gasteiger partial charge in [0.1, 0.15) is 18.1 Å². The zero-order valence-corrected chi connectivity index (χ0v) is 19.5. The molecule has 0 atom stereocenters. The van der Waals surface area contributed by atoms with E-state index >= 15 is 0 Å². The first kappa shape index (κ1) is 23.7. The molecule has 1 aromatic carbocycles. The molecule has 0 aliphatic carbocycles. The topological polar surface area (TPSA) is 118 Å². The van der Waals surface area contributed by atoms with Crippen LogP contribution in [-0.2, 0) is 9.53 Å². The van der Waals surface area contributed by atoms with E-state index in [9.17, 15) is 14.4 Å². The molecule has 182 valence electrons. The highest BCUT2D eigenvalue weighted by Crippen LogP contribution is 2.19. The number of nitrogens with zero attached hydrogens (tertiary/aromatic N) is 4. The second-order valence-electron chi connectivity index (χ2n) is 8.15.